The number of rotatable bonds is 17. The number of methoxy groups -OCH3 is 1. The number of nitrogens with one attached hydrogen (secondary N) is 3. The van der Waals surface area contributed by atoms with Gasteiger partial charge in [0.25, 0.3) is 11.8 Å². The van der Waals surface area contributed by atoms with Gasteiger partial charge < -0.3 is 45.4 Å². The zero-order chi connectivity index (χ0) is 42.0. The van der Waals surface area contributed by atoms with Gasteiger partial charge in [-0.3, -0.25) is 19.2 Å². The first-order valence-corrected chi connectivity index (χ1v) is 18.4. The number of amides is 3. The van der Waals surface area contributed by atoms with Crippen molar-refractivity contribution in [2.24, 2.45) is 23.5 Å². The van der Waals surface area contributed by atoms with E-state index in [1.165, 1.54) is 51.3 Å². The van der Waals surface area contributed by atoms with Crippen LogP contribution in [-0.4, -0.2) is 67.0 Å². The molecule has 3 atom stereocenters. The average Bonchev–Trinajstić information content (AvgIpc) is 4.00. The molecule has 1 aromatic heterocycles. The number of pyridine rings is 1. The molecule has 1 aliphatic rings. The molecule has 1 heterocycles. The Balaban J connectivity index is 1.63. The highest BCUT2D eigenvalue weighted by Crippen LogP contribution is 2.35. The van der Waals surface area contributed by atoms with Crippen molar-refractivity contribution in [3.8, 4) is 16.9 Å². The van der Waals surface area contributed by atoms with E-state index in [9.17, 15) is 28.8 Å². The highest BCUT2D eigenvalue weighted by atomic mass is 16.7. The fourth-order valence-corrected chi connectivity index (χ4v) is 5.17. The van der Waals surface area contributed by atoms with Gasteiger partial charge in [0.05, 0.1) is 18.9 Å². The van der Waals surface area contributed by atoms with Crippen LogP contribution in [0.1, 0.15) is 103 Å². The van der Waals surface area contributed by atoms with Gasteiger partial charge in [0.15, 0.2) is 5.69 Å². The molecular weight excluding hydrogens is 738 g/mol. The topological polar surface area (TPSA) is 224 Å². The van der Waals surface area contributed by atoms with Crippen molar-refractivity contribution >= 4 is 47.6 Å². The third-order valence-corrected chi connectivity index (χ3v) is 8.55. The van der Waals surface area contributed by atoms with Crippen LogP contribution in [0.25, 0.3) is 17.2 Å². The number of hydrogen-bond donors (Lipinski definition) is 4. The highest BCUT2D eigenvalue weighted by molar-refractivity contribution is 6.11. The van der Waals surface area contributed by atoms with E-state index < -0.39 is 66.4 Å². The minimum atomic E-state index is -1.30. The van der Waals surface area contributed by atoms with Crippen LogP contribution >= 0.6 is 0 Å². The molecule has 57 heavy (non-hydrogen) atoms. The first-order chi connectivity index (χ1) is 27.0. The van der Waals surface area contributed by atoms with Gasteiger partial charge in [-0.25, -0.2) is 14.6 Å². The summed E-state index contributed by atoms with van der Waals surface area (Å²) in [5.41, 5.74) is 7.42. The number of hydrogen-bond acceptors (Lipinski definition) is 13. The number of carbonyl (C=O) groups is 6. The number of benzene rings is 2. The Kier molecular flexibility index (Phi) is 14.9. The number of anilines is 1. The van der Waals surface area contributed by atoms with Crippen molar-refractivity contribution in [3.63, 3.8) is 0 Å². The Morgan fingerprint density at radius 2 is 1.44 bits per heavy atom. The summed E-state index contributed by atoms with van der Waals surface area (Å²) in [6.45, 7) is 13.6. The molecule has 0 bridgehead atoms. The zero-order valence-corrected chi connectivity index (χ0v) is 33.0. The molecule has 3 unspecified atom stereocenters. The lowest BCUT2D eigenvalue weighted by Gasteiger charge is -2.19. The van der Waals surface area contributed by atoms with Crippen molar-refractivity contribution in [1.82, 2.24) is 15.6 Å². The van der Waals surface area contributed by atoms with E-state index in [4.69, 9.17) is 29.4 Å². The molecule has 1 aliphatic carbocycles. The summed E-state index contributed by atoms with van der Waals surface area (Å²) in [4.78, 5) is 81.6. The van der Waals surface area contributed by atoms with Crippen LogP contribution in [-0.2, 0) is 28.5 Å². The molecular formula is C41H49N5O11. The van der Waals surface area contributed by atoms with Crippen LogP contribution in [0, 0.1) is 17.8 Å². The second kappa shape index (κ2) is 19.5. The van der Waals surface area contributed by atoms with Crippen LogP contribution in [0.15, 0.2) is 55.1 Å². The molecule has 16 nitrogen and oxygen atoms in total. The maximum Gasteiger partial charge on any atom is 0.411 e. The number of ether oxygens (including phenoxy) is 5. The molecule has 4 rings (SSSR count). The summed E-state index contributed by atoms with van der Waals surface area (Å²) in [7, 11) is 1.43. The molecule has 3 amide bonds. The lowest BCUT2D eigenvalue weighted by Crippen LogP contribution is -2.37. The number of carbonyl (C=O) groups excluding carboxylic acids is 6. The van der Waals surface area contributed by atoms with Crippen LogP contribution in [0.2, 0.25) is 0 Å². The molecule has 1 fully saturated rings. The lowest BCUT2D eigenvalue weighted by molar-refractivity contribution is -0.170. The van der Waals surface area contributed by atoms with Gasteiger partial charge in [0, 0.05) is 48.3 Å². The predicted molar refractivity (Wildman–Crippen MR) is 209 cm³/mol. The average molecular weight is 788 g/mol. The van der Waals surface area contributed by atoms with Gasteiger partial charge in [0.2, 0.25) is 12.6 Å². The van der Waals surface area contributed by atoms with Gasteiger partial charge in [0.1, 0.15) is 17.6 Å². The standard InChI is InChI=1S/C41H49N5O11/c1-9-26-18-31(36(47)44-28-14-12-27(13-15-28)35(42)46-41(52)57-24(7)55-39(50)22(4)5)30(19-33(26)53-8)29-16-17-32(37(48)43-20-25-10-11-25)45-34(29)40(51)56-23(6)54-38(49)21(2)3/h9,12-19,21-25,35H,1,10-11,20,42H2,2-8H3,(H,43,48)(H,44,47)(H,46,52). The van der Waals surface area contributed by atoms with Crippen molar-refractivity contribution in [2.75, 3.05) is 19.0 Å². The quantitative estimate of drug-likeness (QED) is 0.0950. The van der Waals surface area contributed by atoms with Gasteiger partial charge in [-0.2, -0.15) is 0 Å². The van der Waals surface area contributed by atoms with Crippen LogP contribution in [0.4, 0.5) is 10.5 Å². The molecule has 16 heteroatoms. The molecule has 1 saturated carbocycles. The molecule has 0 radical (unpaired) electrons. The van der Waals surface area contributed by atoms with E-state index in [1.807, 2.05) is 0 Å². The van der Waals surface area contributed by atoms with Gasteiger partial charge in [-0.1, -0.05) is 52.5 Å². The summed E-state index contributed by atoms with van der Waals surface area (Å²) < 4.78 is 26.4. The zero-order valence-electron chi connectivity index (χ0n) is 33.0. The molecule has 3 aromatic rings. The smallest absolute Gasteiger partial charge is 0.411 e. The second-order valence-electron chi connectivity index (χ2n) is 13.9. The number of esters is 3. The Morgan fingerprint density at radius 1 is 0.825 bits per heavy atom. The van der Waals surface area contributed by atoms with Gasteiger partial charge in [-0.15, -0.1) is 0 Å². The normalized spacial score (nSPS) is 13.7. The van der Waals surface area contributed by atoms with Crippen molar-refractivity contribution in [2.45, 2.75) is 73.1 Å². The van der Waals surface area contributed by atoms with Crippen molar-refractivity contribution in [1.29, 1.82) is 0 Å². The molecule has 2 aromatic carbocycles. The summed E-state index contributed by atoms with van der Waals surface area (Å²) in [6.07, 6.45) is -0.855. The fourth-order valence-electron chi connectivity index (χ4n) is 5.17. The second-order valence-corrected chi connectivity index (χ2v) is 13.9. The monoisotopic (exact) mass is 787 g/mol. The van der Waals surface area contributed by atoms with Crippen LogP contribution in [0.5, 0.6) is 5.75 Å². The molecule has 0 saturated heterocycles. The molecule has 0 spiro atoms. The van der Waals surface area contributed by atoms with E-state index >= 15 is 0 Å². The Labute approximate surface area is 330 Å². The molecule has 0 aliphatic heterocycles. The summed E-state index contributed by atoms with van der Waals surface area (Å²) in [5.74, 6) is -3.43. The number of aromatic nitrogens is 1. The van der Waals surface area contributed by atoms with E-state index in [0.717, 1.165) is 12.8 Å². The van der Waals surface area contributed by atoms with E-state index in [1.54, 1.807) is 52.0 Å². The first kappa shape index (κ1) is 43.4. The third kappa shape index (κ3) is 12.1. The highest BCUT2D eigenvalue weighted by Gasteiger charge is 2.28. The van der Waals surface area contributed by atoms with Gasteiger partial charge in [-0.05, 0) is 60.7 Å². The summed E-state index contributed by atoms with van der Waals surface area (Å²) in [5, 5.41) is 8.10. The Bertz CT molecular complexity index is 1990. The van der Waals surface area contributed by atoms with E-state index in [2.05, 4.69) is 27.5 Å². The number of nitrogens with two attached hydrogens (primary N) is 1. The minimum Gasteiger partial charge on any atom is -0.496 e. The molecule has 304 valence electrons. The fraction of sp³-hybridized carbons (Fsp3) is 0.390. The van der Waals surface area contributed by atoms with Crippen LogP contribution in [0.3, 0.4) is 0 Å². The summed E-state index contributed by atoms with van der Waals surface area (Å²) >= 11 is 0. The maximum atomic E-state index is 14.1. The molecule has 5 N–H and O–H groups in total. The largest absolute Gasteiger partial charge is 0.496 e. The van der Waals surface area contributed by atoms with E-state index in [-0.39, 0.29) is 28.1 Å². The third-order valence-electron chi connectivity index (χ3n) is 8.55. The predicted octanol–water partition coefficient (Wildman–Crippen LogP) is 5.72. The van der Waals surface area contributed by atoms with Crippen LogP contribution < -0.4 is 26.4 Å². The van der Waals surface area contributed by atoms with Crippen molar-refractivity contribution in [3.05, 3.63) is 83.2 Å². The SMILES string of the molecule is C=Cc1cc(C(=O)Nc2ccc(C(N)NC(=O)OC(C)OC(=O)C(C)C)cc2)c(-c2ccc(C(=O)NCC3CC3)nc2C(=O)OC(C)OC(=O)C(C)C)cc1OC. The van der Waals surface area contributed by atoms with Crippen molar-refractivity contribution < 1.29 is 52.5 Å². The number of alkyl carbamates (subject to hydrolysis) is 1. The Hall–Kier alpha value is -6.29. The number of nitrogens with zero attached hydrogens (tertiary/aromatic N) is 1. The van der Waals surface area contributed by atoms with E-state index in [0.29, 0.717) is 35.0 Å². The maximum absolute atomic E-state index is 14.1. The lowest BCUT2D eigenvalue weighted by atomic mass is 9.94. The minimum absolute atomic E-state index is 0.0658. The summed E-state index contributed by atoms with van der Waals surface area (Å²) in [6, 6.07) is 12.2. The first-order valence-electron chi connectivity index (χ1n) is 18.4. The Morgan fingerprint density at radius 3 is 2.00 bits per heavy atom. The van der Waals surface area contributed by atoms with Gasteiger partial charge >= 0.3 is 24.0 Å².